The molecule has 0 aromatic rings. The Bertz CT molecular complexity index is 178. The molecule has 0 N–H and O–H groups in total. The second-order valence-electron chi connectivity index (χ2n) is 1.64. The van der Waals surface area contributed by atoms with E-state index in [1.54, 1.807) is 13.8 Å². The smallest absolute Gasteiger partial charge is 0.545 e. The van der Waals surface area contributed by atoms with Crippen LogP contribution in [0.5, 0.6) is 0 Å². The fraction of sp³-hybridized carbons (Fsp3) is 0.250. The van der Waals surface area contributed by atoms with Crippen LogP contribution >= 0.6 is 0 Å². The van der Waals surface area contributed by atoms with Crippen LogP contribution < -0.4 is 69.3 Å². The van der Waals surface area contributed by atoms with Crippen LogP contribution in [0.15, 0.2) is 24.3 Å². The Morgan fingerprint density at radius 3 is 1.07 bits per heavy atom. The summed E-state index contributed by atoms with van der Waals surface area (Å²) in [6, 6.07) is 0. The van der Waals surface area contributed by atoms with Crippen molar-refractivity contribution in [2.45, 2.75) is 13.8 Å². The molecule has 0 saturated carbocycles. The maximum absolute atomic E-state index is 9.40. The van der Waals surface area contributed by atoms with Crippen molar-refractivity contribution < 1.29 is 78.9 Å². The molecule has 0 aliphatic heterocycles. The van der Waals surface area contributed by atoms with E-state index in [0.29, 0.717) is 0 Å². The second kappa shape index (κ2) is 19.1. The summed E-state index contributed by atoms with van der Waals surface area (Å²) in [6.45, 7) is 3.24. The van der Waals surface area contributed by atoms with E-state index in [4.69, 9.17) is 0 Å². The van der Waals surface area contributed by atoms with Crippen molar-refractivity contribution in [2.24, 2.45) is 0 Å². The zero-order valence-electron chi connectivity index (χ0n) is 8.94. The van der Waals surface area contributed by atoms with E-state index in [1.165, 1.54) is 12.2 Å². The van der Waals surface area contributed by atoms with Gasteiger partial charge >= 0.3 is 59.1 Å². The zero-order valence-corrected chi connectivity index (χ0v) is 12.9. The predicted octanol–water partition coefficient (Wildman–Crippen LogP) is -7.37. The molecule has 0 rings (SSSR count). The van der Waals surface area contributed by atoms with E-state index in [9.17, 15) is 19.8 Å². The molecule has 6 heteroatoms. The third-order valence-corrected chi connectivity index (χ3v) is 0.605. The quantitative estimate of drug-likeness (QED) is 0.339. The van der Waals surface area contributed by atoms with E-state index >= 15 is 0 Å². The number of carboxylic acids is 2. The monoisotopic (exact) mass is 216 g/mol. The third-order valence-electron chi connectivity index (χ3n) is 0.605. The molecule has 0 saturated heterocycles. The van der Waals surface area contributed by atoms with Gasteiger partial charge in [0.25, 0.3) is 0 Å². The van der Waals surface area contributed by atoms with Gasteiger partial charge in [-0.3, -0.25) is 0 Å². The van der Waals surface area contributed by atoms with Crippen LogP contribution in [-0.4, -0.2) is 11.9 Å². The van der Waals surface area contributed by atoms with Crippen molar-refractivity contribution >= 4 is 11.9 Å². The van der Waals surface area contributed by atoms with Crippen LogP contribution in [-0.2, 0) is 9.59 Å². The standard InChI is InChI=1S/2C4H6O2.2Na/c2*1-2-3-4(5)6;;/h2*2-3H,1H3,(H,5,6);;/q;;2*+1/p-2/b2*3-2+;;. The summed E-state index contributed by atoms with van der Waals surface area (Å²) in [5.74, 6) is -2.28. The van der Waals surface area contributed by atoms with E-state index < -0.39 is 11.9 Å². The number of rotatable bonds is 2. The first-order valence-corrected chi connectivity index (χ1v) is 3.22. The van der Waals surface area contributed by atoms with E-state index in [2.05, 4.69) is 0 Å². The molecule has 0 aromatic heterocycles. The summed E-state index contributed by atoms with van der Waals surface area (Å²) in [7, 11) is 0. The van der Waals surface area contributed by atoms with Crippen molar-refractivity contribution in [1.29, 1.82) is 0 Å². The first kappa shape index (κ1) is 23.9. The van der Waals surface area contributed by atoms with E-state index in [0.717, 1.165) is 12.2 Å². The number of hydrogen-bond donors (Lipinski definition) is 0. The molecule has 0 fully saturated rings. The van der Waals surface area contributed by atoms with Gasteiger partial charge < -0.3 is 19.8 Å². The molecule has 0 spiro atoms. The van der Waals surface area contributed by atoms with Crippen molar-refractivity contribution in [2.75, 3.05) is 0 Å². The largest absolute Gasteiger partial charge is 1.00 e. The Kier molecular flexibility index (Phi) is 32.6. The van der Waals surface area contributed by atoms with Crippen molar-refractivity contribution in [3.05, 3.63) is 24.3 Å². The first-order chi connectivity index (χ1) is 5.54. The van der Waals surface area contributed by atoms with Gasteiger partial charge in [0.1, 0.15) is 0 Å². The Labute approximate surface area is 128 Å². The molecular weight excluding hydrogens is 206 g/mol. The molecule has 68 valence electrons. The summed E-state index contributed by atoms with van der Waals surface area (Å²) in [5, 5.41) is 18.8. The fourth-order valence-electron chi connectivity index (χ4n) is 0.272. The summed E-state index contributed by atoms with van der Waals surface area (Å²) in [6.07, 6.45) is 4.77. The number of carbonyl (C=O) groups excluding carboxylic acids is 2. The maximum Gasteiger partial charge on any atom is 1.00 e. The minimum atomic E-state index is -1.14. The molecule has 0 bridgehead atoms. The number of allylic oxidation sites excluding steroid dienone is 2. The normalized spacial score (nSPS) is 8.14. The van der Waals surface area contributed by atoms with Crippen LogP contribution in [0.1, 0.15) is 13.8 Å². The van der Waals surface area contributed by atoms with Gasteiger partial charge in [0.15, 0.2) is 0 Å². The van der Waals surface area contributed by atoms with Crippen molar-refractivity contribution in [3.63, 3.8) is 0 Å². The zero-order chi connectivity index (χ0) is 9.98. The van der Waals surface area contributed by atoms with Gasteiger partial charge in [-0.05, 0) is 26.0 Å². The average Bonchev–Trinajstić information content (AvgIpc) is 1.87. The Morgan fingerprint density at radius 2 is 1.07 bits per heavy atom. The molecule has 0 unspecified atom stereocenters. The molecule has 0 atom stereocenters. The SMILES string of the molecule is C/C=C/C(=O)[O-].C/C=C/C(=O)[O-].[Na+].[Na+]. The molecule has 14 heavy (non-hydrogen) atoms. The van der Waals surface area contributed by atoms with Crippen LogP contribution in [0.3, 0.4) is 0 Å². The predicted molar refractivity (Wildman–Crippen MR) is 39.6 cm³/mol. The Morgan fingerprint density at radius 1 is 0.857 bits per heavy atom. The minimum absolute atomic E-state index is 0. The second-order valence-corrected chi connectivity index (χ2v) is 1.64. The van der Waals surface area contributed by atoms with E-state index in [1.807, 2.05) is 0 Å². The number of hydrogen-bond acceptors (Lipinski definition) is 4. The topological polar surface area (TPSA) is 80.3 Å². The minimum Gasteiger partial charge on any atom is -0.545 e. The van der Waals surface area contributed by atoms with E-state index in [-0.39, 0.29) is 59.1 Å². The van der Waals surface area contributed by atoms with Crippen molar-refractivity contribution in [3.8, 4) is 0 Å². The Balaban J connectivity index is -0.0000000625. The summed E-state index contributed by atoms with van der Waals surface area (Å²) in [4.78, 5) is 18.8. The number of carbonyl (C=O) groups is 2. The van der Waals surface area contributed by atoms with Gasteiger partial charge in [-0.15, -0.1) is 0 Å². The van der Waals surface area contributed by atoms with Gasteiger partial charge in [-0.1, -0.05) is 12.2 Å². The summed E-state index contributed by atoms with van der Waals surface area (Å²) in [5.41, 5.74) is 0. The Hall–Kier alpha value is 0.420. The average molecular weight is 216 g/mol. The van der Waals surface area contributed by atoms with Crippen LogP contribution in [0, 0.1) is 0 Å². The van der Waals surface area contributed by atoms with Crippen LogP contribution in [0.2, 0.25) is 0 Å². The molecule has 0 aliphatic carbocycles. The van der Waals surface area contributed by atoms with Gasteiger partial charge in [0.05, 0.1) is 11.9 Å². The first-order valence-electron chi connectivity index (χ1n) is 3.22. The van der Waals surface area contributed by atoms with Gasteiger partial charge in [-0.25, -0.2) is 0 Å². The van der Waals surface area contributed by atoms with Gasteiger partial charge in [0, 0.05) is 0 Å². The molecular formula is C8H10Na2O4. The molecule has 0 aromatic carbocycles. The van der Waals surface area contributed by atoms with Gasteiger partial charge in [0.2, 0.25) is 0 Å². The van der Waals surface area contributed by atoms with Crippen LogP contribution in [0.25, 0.3) is 0 Å². The molecule has 0 heterocycles. The number of carboxylic acid groups (broad SMARTS) is 2. The molecule has 4 nitrogen and oxygen atoms in total. The maximum atomic E-state index is 9.40. The molecule has 0 amide bonds. The summed E-state index contributed by atoms with van der Waals surface area (Å²) < 4.78 is 0. The summed E-state index contributed by atoms with van der Waals surface area (Å²) >= 11 is 0. The molecule has 0 aliphatic rings. The van der Waals surface area contributed by atoms with Gasteiger partial charge in [-0.2, -0.15) is 0 Å². The molecule has 0 radical (unpaired) electrons. The fourth-order valence-corrected chi connectivity index (χ4v) is 0.272. The third kappa shape index (κ3) is 39.3. The number of aliphatic carboxylic acids is 2. The van der Waals surface area contributed by atoms with Crippen molar-refractivity contribution in [1.82, 2.24) is 0 Å². The van der Waals surface area contributed by atoms with Crippen LogP contribution in [0.4, 0.5) is 0 Å².